The Kier molecular flexibility index (Phi) is 7.34. The SMILES string of the molecule is CCOC(=O)CN=C/C(C(=O)OCC)=C(/O)C(F)(F)F. The summed E-state index contributed by atoms with van der Waals surface area (Å²) in [5, 5.41) is 8.96. The first-order valence-electron chi connectivity index (χ1n) is 5.57. The van der Waals surface area contributed by atoms with Crippen molar-refractivity contribution in [2.24, 2.45) is 4.99 Å². The van der Waals surface area contributed by atoms with Gasteiger partial charge in [-0.2, -0.15) is 13.2 Å². The number of hydrogen-bond acceptors (Lipinski definition) is 6. The summed E-state index contributed by atoms with van der Waals surface area (Å²) < 4.78 is 45.9. The number of nitrogens with zero attached hydrogens (tertiary/aromatic N) is 1. The first-order chi connectivity index (χ1) is 9.23. The number of carbonyl (C=O) groups excluding carboxylic acids is 2. The van der Waals surface area contributed by atoms with Gasteiger partial charge in [0.15, 0.2) is 0 Å². The van der Waals surface area contributed by atoms with Crippen LogP contribution < -0.4 is 0 Å². The van der Waals surface area contributed by atoms with Gasteiger partial charge in [-0.15, -0.1) is 0 Å². The van der Waals surface area contributed by atoms with E-state index in [0.717, 1.165) is 0 Å². The number of carbonyl (C=O) groups is 2. The molecule has 114 valence electrons. The topological polar surface area (TPSA) is 85.2 Å². The quantitative estimate of drug-likeness (QED) is 0.348. The van der Waals surface area contributed by atoms with Gasteiger partial charge in [0.25, 0.3) is 0 Å². The van der Waals surface area contributed by atoms with Crippen LogP contribution in [0.2, 0.25) is 0 Å². The van der Waals surface area contributed by atoms with Crippen molar-refractivity contribution in [3.8, 4) is 0 Å². The number of aliphatic imine (C=N–C) groups is 1. The zero-order chi connectivity index (χ0) is 15.8. The lowest BCUT2D eigenvalue weighted by Gasteiger charge is -2.09. The molecular weight excluding hydrogens is 283 g/mol. The molecule has 0 bridgehead atoms. The highest BCUT2D eigenvalue weighted by Gasteiger charge is 2.38. The number of aliphatic hydroxyl groups is 1. The Labute approximate surface area is 112 Å². The van der Waals surface area contributed by atoms with Crippen LogP contribution in [0.3, 0.4) is 0 Å². The zero-order valence-electron chi connectivity index (χ0n) is 10.9. The largest absolute Gasteiger partial charge is 0.504 e. The molecule has 0 aromatic heterocycles. The van der Waals surface area contributed by atoms with E-state index in [0.29, 0.717) is 6.21 Å². The molecule has 1 N–H and O–H groups in total. The van der Waals surface area contributed by atoms with E-state index in [1.165, 1.54) is 6.92 Å². The number of hydrogen-bond donors (Lipinski definition) is 1. The molecule has 6 nitrogen and oxygen atoms in total. The summed E-state index contributed by atoms with van der Waals surface area (Å²) in [6, 6.07) is 0. The van der Waals surface area contributed by atoms with Crippen molar-refractivity contribution in [3.63, 3.8) is 0 Å². The van der Waals surface area contributed by atoms with E-state index in [9.17, 15) is 22.8 Å². The Morgan fingerprint density at radius 1 is 1.20 bits per heavy atom. The fourth-order valence-corrected chi connectivity index (χ4v) is 0.990. The van der Waals surface area contributed by atoms with Crippen LogP contribution in [-0.4, -0.2) is 49.2 Å². The van der Waals surface area contributed by atoms with Crippen LogP contribution in [-0.2, 0) is 19.1 Å². The number of rotatable bonds is 6. The predicted molar refractivity (Wildman–Crippen MR) is 62.3 cm³/mol. The smallest absolute Gasteiger partial charge is 0.449 e. The number of esters is 2. The summed E-state index contributed by atoms with van der Waals surface area (Å²) in [5.41, 5.74) is -1.18. The van der Waals surface area contributed by atoms with E-state index in [-0.39, 0.29) is 13.2 Å². The second-order valence-electron chi connectivity index (χ2n) is 3.26. The molecule has 0 radical (unpaired) electrons. The number of alkyl halides is 3. The number of halogens is 3. The zero-order valence-corrected chi connectivity index (χ0v) is 10.9. The van der Waals surface area contributed by atoms with Gasteiger partial charge >= 0.3 is 18.1 Å². The van der Waals surface area contributed by atoms with E-state index in [4.69, 9.17) is 5.11 Å². The normalized spacial score (nSPS) is 13.1. The second kappa shape index (κ2) is 8.18. The summed E-state index contributed by atoms with van der Waals surface area (Å²) in [4.78, 5) is 25.5. The van der Waals surface area contributed by atoms with E-state index < -0.39 is 36.0 Å². The van der Waals surface area contributed by atoms with Gasteiger partial charge in [-0.1, -0.05) is 0 Å². The number of ether oxygens (including phenoxy) is 2. The highest BCUT2D eigenvalue weighted by Crippen LogP contribution is 2.25. The van der Waals surface area contributed by atoms with E-state index in [1.807, 2.05) is 0 Å². The standard InChI is InChI=1S/C11H14F3NO5/c1-3-19-8(16)6-15-5-7(10(18)20-4-2)9(17)11(12,13)14/h5,17H,3-4,6H2,1-2H3/b9-7-,15-5?. The van der Waals surface area contributed by atoms with Crippen LogP contribution in [0.15, 0.2) is 16.3 Å². The van der Waals surface area contributed by atoms with Crippen molar-refractivity contribution in [3.05, 3.63) is 11.3 Å². The molecule has 0 saturated carbocycles. The lowest BCUT2D eigenvalue weighted by molar-refractivity contribution is -0.142. The molecule has 0 spiro atoms. The Morgan fingerprint density at radius 3 is 2.20 bits per heavy atom. The van der Waals surface area contributed by atoms with Gasteiger partial charge in [-0.3, -0.25) is 9.79 Å². The minimum Gasteiger partial charge on any atom is -0.504 e. The molecule has 20 heavy (non-hydrogen) atoms. The van der Waals surface area contributed by atoms with Crippen LogP contribution in [0.5, 0.6) is 0 Å². The highest BCUT2D eigenvalue weighted by molar-refractivity contribution is 6.10. The van der Waals surface area contributed by atoms with Crippen molar-refractivity contribution in [1.82, 2.24) is 0 Å². The third kappa shape index (κ3) is 6.21. The van der Waals surface area contributed by atoms with Gasteiger partial charge in [0, 0.05) is 6.21 Å². The van der Waals surface area contributed by atoms with E-state index in [1.54, 1.807) is 6.92 Å². The molecule has 0 aromatic carbocycles. The summed E-state index contributed by atoms with van der Waals surface area (Å²) >= 11 is 0. The Bertz CT molecular complexity index is 415. The molecule has 0 atom stereocenters. The molecule has 0 aliphatic heterocycles. The van der Waals surface area contributed by atoms with Crippen LogP contribution >= 0.6 is 0 Å². The first-order valence-corrected chi connectivity index (χ1v) is 5.57. The Hall–Kier alpha value is -2.06. The molecule has 0 fully saturated rings. The average molecular weight is 297 g/mol. The maximum absolute atomic E-state index is 12.3. The van der Waals surface area contributed by atoms with Crippen molar-refractivity contribution in [2.75, 3.05) is 19.8 Å². The van der Waals surface area contributed by atoms with Crippen molar-refractivity contribution >= 4 is 18.2 Å². The van der Waals surface area contributed by atoms with E-state index >= 15 is 0 Å². The van der Waals surface area contributed by atoms with Gasteiger partial charge in [0.2, 0.25) is 5.76 Å². The van der Waals surface area contributed by atoms with Crippen molar-refractivity contribution in [2.45, 2.75) is 20.0 Å². The van der Waals surface area contributed by atoms with Crippen LogP contribution in [0.4, 0.5) is 13.2 Å². The van der Waals surface area contributed by atoms with Gasteiger partial charge in [-0.05, 0) is 13.8 Å². The summed E-state index contributed by atoms with van der Waals surface area (Å²) in [7, 11) is 0. The molecule has 0 aromatic rings. The minimum absolute atomic E-state index is 0.0860. The predicted octanol–water partition coefficient (Wildman–Crippen LogP) is 1.56. The van der Waals surface area contributed by atoms with Gasteiger partial charge in [0.1, 0.15) is 12.1 Å². The summed E-state index contributed by atoms with van der Waals surface area (Å²) in [6.45, 7) is 2.25. The van der Waals surface area contributed by atoms with Crippen molar-refractivity contribution < 1.29 is 37.3 Å². The lowest BCUT2D eigenvalue weighted by atomic mass is 10.2. The number of aliphatic hydroxyl groups excluding tert-OH is 1. The lowest BCUT2D eigenvalue weighted by Crippen LogP contribution is -2.20. The summed E-state index contributed by atoms with van der Waals surface area (Å²) in [5.74, 6) is -4.31. The van der Waals surface area contributed by atoms with Crippen LogP contribution in [0.1, 0.15) is 13.8 Å². The molecule has 0 aliphatic rings. The molecule has 0 rings (SSSR count). The van der Waals surface area contributed by atoms with Crippen molar-refractivity contribution in [1.29, 1.82) is 0 Å². The molecule has 0 heterocycles. The maximum Gasteiger partial charge on any atom is 0.449 e. The third-order valence-electron chi connectivity index (χ3n) is 1.77. The van der Waals surface area contributed by atoms with Gasteiger partial charge < -0.3 is 14.6 Å². The van der Waals surface area contributed by atoms with Crippen LogP contribution in [0, 0.1) is 0 Å². The highest BCUT2D eigenvalue weighted by atomic mass is 19.4. The van der Waals surface area contributed by atoms with Gasteiger partial charge in [0.05, 0.1) is 13.2 Å². The Morgan fingerprint density at radius 2 is 1.75 bits per heavy atom. The molecule has 9 heteroatoms. The first kappa shape index (κ1) is 17.9. The molecule has 0 saturated heterocycles. The second-order valence-corrected chi connectivity index (χ2v) is 3.26. The van der Waals surface area contributed by atoms with Crippen LogP contribution in [0.25, 0.3) is 0 Å². The average Bonchev–Trinajstić information content (AvgIpc) is 2.33. The molecule has 0 unspecified atom stereocenters. The minimum atomic E-state index is -5.13. The van der Waals surface area contributed by atoms with Gasteiger partial charge in [-0.25, -0.2) is 4.79 Å². The third-order valence-corrected chi connectivity index (χ3v) is 1.77. The Balaban J connectivity index is 5.12. The number of allylic oxidation sites excluding steroid dienone is 1. The maximum atomic E-state index is 12.3. The summed E-state index contributed by atoms with van der Waals surface area (Å²) in [6.07, 6.45) is -4.70. The monoisotopic (exact) mass is 297 g/mol. The van der Waals surface area contributed by atoms with E-state index in [2.05, 4.69) is 14.5 Å². The fraction of sp³-hybridized carbons (Fsp3) is 0.545. The fourth-order valence-electron chi connectivity index (χ4n) is 0.990. The molecule has 0 amide bonds. The molecular formula is C11H14F3NO5. The molecule has 0 aliphatic carbocycles.